The van der Waals surface area contributed by atoms with Crippen molar-refractivity contribution in [1.82, 2.24) is 0 Å². The van der Waals surface area contributed by atoms with Crippen molar-refractivity contribution in [3.05, 3.63) is 65.2 Å². The Balaban J connectivity index is 1.54. The Morgan fingerprint density at radius 1 is 1.00 bits per heavy atom. The maximum atomic E-state index is 13.2. The van der Waals surface area contributed by atoms with Crippen molar-refractivity contribution in [3.63, 3.8) is 0 Å². The number of carbonyl (C=O) groups is 1. The number of amides is 1. The van der Waals surface area contributed by atoms with Gasteiger partial charge in [0.25, 0.3) is 0 Å². The highest BCUT2D eigenvalue weighted by atomic mass is 19.4. The summed E-state index contributed by atoms with van der Waals surface area (Å²) in [6, 6.07) is 13.0. The number of halogens is 3. The molecule has 1 N–H and O–H groups in total. The zero-order chi connectivity index (χ0) is 20.4. The van der Waals surface area contributed by atoms with Crippen LogP contribution in [0.15, 0.2) is 48.5 Å². The van der Waals surface area contributed by atoms with Gasteiger partial charge in [-0.25, -0.2) is 0 Å². The van der Waals surface area contributed by atoms with Gasteiger partial charge in [0.05, 0.1) is 11.5 Å². The number of nitrogens with one attached hydrogen (secondary N) is 1. The van der Waals surface area contributed by atoms with E-state index >= 15 is 0 Å². The number of rotatable bonds is 6. The second kappa shape index (κ2) is 8.21. The molecule has 1 amide bonds. The van der Waals surface area contributed by atoms with E-state index in [1.807, 2.05) is 18.2 Å². The van der Waals surface area contributed by atoms with Gasteiger partial charge in [-0.3, -0.25) is 4.79 Å². The van der Waals surface area contributed by atoms with Crippen molar-refractivity contribution in [3.8, 4) is 0 Å². The molecule has 2 saturated carbocycles. The van der Waals surface area contributed by atoms with Crippen LogP contribution in [-0.2, 0) is 17.4 Å². The summed E-state index contributed by atoms with van der Waals surface area (Å²) in [5, 5.41) is 3.04. The van der Waals surface area contributed by atoms with Crippen molar-refractivity contribution >= 4 is 11.6 Å². The molecular weight excluding hydrogens is 375 g/mol. The number of hydrogen-bond donors (Lipinski definition) is 1. The molecule has 1 unspecified atom stereocenters. The Labute approximate surface area is 169 Å². The summed E-state index contributed by atoms with van der Waals surface area (Å²) < 4.78 is 38.8. The molecule has 0 spiro atoms. The minimum atomic E-state index is -4.37. The van der Waals surface area contributed by atoms with Crippen LogP contribution in [0.5, 0.6) is 0 Å². The Morgan fingerprint density at radius 2 is 1.69 bits per heavy atom. The topological polar surface area (TPSA) is 29.1 Å². The average molecular weight is 401 g/mol. The van der Waals surface area contributed by atoms with Crippen molar-refractivity contribution < 1.29 is 18.0 Å². The molecule has 1 atom stereocenters. The van der Waals surface area contributed by atoms with Gasteiger partial charge in [0.1, 0.15) is 0 Å². The summed E-state index contributed by atoms with van der Waals surface area (Å²) in [5.41, 5.74) is 1.97. The number of alkyl halides is 3. The van der Waals surface area contributed by atoms with Gasteiger partial charge in [-0.2, -0.15) is 13.2 Å². The fourth-order valence-corrected chi connectivity index (χ4v) is 4.46. The molecule has 0 saturated heterocycles. The quantitative estimate of drug-likeness (QED) is 0.583. The molecule has 2 nitrogen and oxygen atoms in total. The van der Waals surface area contributed by atoms with Gasteiger partial charge < -0.3 is 5.32 Å². The summed E-state index contributed by atoms with van der Waals surface area (Å²) in [5.74, 6) is 0.382. The van der Waals surface area contributed by atoms with Gasteiger partial charge in [-0.15, -0.1) is 0 Å². The van der Waals surface area contributed by atoms with Gasteiger partial charge in [0.15, 0.2) is 0 Å². The summed E-state index contributed by atoms with van der Waals surface area (Å²) in [6.07, 6.45) is 3.20. The molecule has 29 heavy (non-hydrogen) atoms. The van der Waals surface area contributed by atoms with E-state index < -0.39 is 17.7 Å². The highest BCUT2D eigenvalue weighted by Crippen LogP contribution is 2.39. The second-order valence-corrected chi connectivity index (χ2v) is 8.48. The molecule has 0 radical (unpaired) electrons. The lowest BCUT2D eigenvalue weighted by molar-refractivity contribution is -0.137. The zero-order valence-corrected chi connectivity index (χ0v) is 16.3. The molecule has 4 rings (SSSR count). The van der Waals surface area contributed by atoms with Crippen LogP contribution >= 0.6 is 0 Å². The highest BCUT2D eigenvalue weighted by Gasteiger charge is 2.34. The second-order valence-electron chi connectivity index (χ2n) is 8.48. The lowest BCUT2D eigenvalue weighted by Gasteiger charge is -2.24. The maximum Gasteiger partial charge on any atom is 0.416 e. The average Bonchev–Trinajstić information content (AvgIpc) is 3.33. The first kappa shape index (κ1) is 20.0. The minimum Gasteiger partial charge on any atom is -0.326 e. The lowest BCUT2D eigenvalue weighted by Crippen LogP contribution is -2.26. The summed E-state index contributed by atoms with van der Waals surface area (Å²) in [6.45, 7) is 0. The van der Waals surface area contributed by atoms with Crippen molar-refractivity contribution in [2.24, 2.45) is 11.8 Å². The van der Waals surface area contributed by atoms with Crippen LogP contribution in [-0.4, -0.2) is 5.91 Å². The lowest BCUT2D eigenvalue weighted by atomic mass is 9.83. The molecule has 0 bridgehead atoms. The Morgan fingerprint density at radius 3 is 2.31 bits per heavy atom. The molecular formula is C24H26F3NO. The molecule has 2 aliphatic carbocycles. The van der Waals surface area contributed by atoms with E-state index in [9.17, 15) is 18.0 Å². The number of carbonyl (C=O) groups excluding carboxylic acids is 1. The third-order valence-corrected chi connectivity index (χ3v) is 6.17. The van der Waals surface area contributed by atoms with Crippen molar-refractivity contribution in [2.45, 2.75) is 57.0 Å². The van der Waals surface area contributed by atoms with E-state index in [1.54, 1.807) is 0 Å². The van der Waals surface area contributed by atoms with Crippen LogP contribution < -0.4 is 5.32 Å². The van der Waals surface area contributed by atoms with Crippen LogP contribution in [0.25, 0.3) is 0 Å². The van der Waals surface area contributed by atoms with E-state index in [2.05, 4.69) is 11.4 Å². The number of anilines is 1. The number of hydrogen-bond acceptors (Lipinski definition) is 1. The SMILES string of the molecule is O=C(Nc1cccc(CC2CC2)c1)C(c1ccc(C(F)(F)F)cc1)C1CCCC1. The molecule has 0 aliphatic heterocycles. The normalized spacial score (nSPS) is 18.6. The number of benzene rings is 2. The van der Waals surface area contributed by atoms with E-state index in [0.717, 1.165) is 55.8 Å². The van der Waals surface area contributed by atoms with Crippen LogP contribution in [0.1, 0.15) is 61.1 Å². The zero-order valence-electron chi connectivity index (χ0n) is 16.3. The molecule has 2 aliphatic rings. The maximum absolute atomic E-state index is 13.2. The first-order chi connectivity index (χ1) is 13.9. The van der Waals surface area contributed by atoms with Gasteiger partial charge in [-0.1, -0.05) is 37.1 Å². The predicted octanol–water partition coefficient (Wildman–Crippen LogP) is 6.57. The minimum absolute atomic E-state index is 0.125. The van der Waals surface area contributed by atoms with E-state index in [-0.39, 0.29) is 11.8 Å². The molecule has 5 heteroatoms. The molecule has 154 valence electrons. The van der Waals surface area contributed by atoms with E-state index in [4.69, 9.17) is 0 Å². The third-order valence-electron chi connectivity index (χ3n) is 6.17. The van der Waals surface area contributed by atoms with Crippen LogP contribution in [0.4, 0.5) is 18.9 Å². The molecule has 2 fully saturated rings. The predicted molar refractivity (Wildman–Crippen MR) is 108 cm³/mol. The van der Waals surface area contributed by atoms with Gasteiger partial charge in [0, 0.05) is 5.69 Å². The fourth-order valence-electron chi connectivity index (χ4n) is 4.46. The summed E-state index contributed by atoms with van der Waals surface area (Å²) in [4.78, 5) is 13.2. The third kappa shape index (κ3) is 5.01. The molecule has 0 aromatic heterocycles. The van der Waals surface area contributed by atoms with E-state index in [1.165, 1.54) is 30.5 Å². The van der Waals surface area contributed by atoms with Gasteiger partial charge >= 0.3 is 6.18 Å². The highest BCUT2D eigenvalue weighted by molar-refractivity contribution is 5.96. The Hall–Kier alpha value is -2.30. The standard InChI is InChI=1S/C24H26F3NO/c25-24(26,27)20-12-10-19(11-13-20)22(18-5-1-2-6-18)23(29)28-21-7-3-4-17(15-21)14-16-8-9-16/h3-4,7,10-13,15-16,18,22H,1-2,5-6,8-9,14H2,(H,28,29). The first-order valence-corrected chi connectivity index (χ1v) is 10.5. The van der Waals surface area contributed by atoms with E-state index in [0.29, 0.717) is 5.56 Å². The summed E-state index contributed by atoms with van der Waals surface area (Å²) in [7, 11) is 0. The van der Waals surface area contributed by atoms with Gasteiger partial charge in [0.2, 0.25) is 5.91 Å². The van der Waals surface area contributed by atoms with Crippen molar-refractivity contribution in [1.29, 1.82) is 0 Å². The Kier molecular flexibility index (Phi) is 5.66. The van der Waals surface area contributed by atoms with Gasteiger partial charge in [-0.05, 0) is 79.3 Å². The molecule has 0 heterocycles. The van der Waals surface area contributed by atoms with Crippen molar-refractivity contribution in [2.75, 3.05) is 5.32 Å². The first-order valence-electron chi connectivity index (χ1n) is 10.5. The molecule has 2 aromatic carbocycles. The van der Waals surface area contributed by atoms with Crippen LogP contribution in [0.2, 0.25) is 0 Å². The summed E-state index contributed by atoms with van der Waals surface area (Å²) >= 11 is 0. The molecule has 2 aromatic rings. The van der Waals surface area contributed by atoms with Crippen LogP contribution in [0, 0.1) is 11.8 Å². The fraction of sp³-hybridized carbons (Fsp3) is 0.458. The Bertz CT molecular complexity index is 849. The monoisotopic (exact) mass is 401 g/mol. The largest absolute Gasteiger partial charge is 0.416 e. The van der Waals surface area contributed by atoms with Crippen LogP contribution in [0.3, 0.4) is 0 Å². The smallest absolute Gasteiger partial charge is 0.326 e.